The Labute approximate surface area is 164 Å². The maximum absolute atomic E-state index is 12.9. The normalized spacial score (nSPS) is 11.8. The monoisotopic (exact) mass is 390 g/mol. The maximum atomic E-state index is 12.9. The molecule has 0 bridgehead atoms. The average molecular weight is 391 g/mol. The van der Waals surface area contributed by atoms with Crippen LogP contribution in [0.3, 0.4) is 0 Å². The molecule has 0 saturated carbocycles. The number of carbonyl (C=O) groups excluding carboxylic acids is 2. The third kappa shape index (κ3) is 5.47. The van der Waals surface area contributed by atoms with Gasteiger partial charge >= 0.3 is 0 Å². The van der Waals surface area contributed by atoms with Gasteiger partial charge < -0.3 is 19.7 Å². The molecule has 0 aliphatic carbocycles. The lowest BCUT2D eigenvalue weighted by Gasteiger charge is -2.27. The summed E-state index contributed by atoms with van der Waals surface area (Å²) in [6.07, 6.45) is 0. The van der Waals surface area contributed by atoms with Gasteiger partial charge in [0.15, 0.2) is 0 Å². The molecular formula is C20H26N2O4S. The second-order valence-electron chi connectivity index (χ2n) is 6.57. The molecule has 7 heteroatoms. The van der Waals surface area contributed by atoms with Crippen LogP contribution >= 0.6 is 11.3 Å². The molecule has 0 radical (unpaired) electrons. The topological polar surface area (TPSA) is 67.9 Å². The van der Waals surface area contributed by atoms with Crippen molar-refractivity contribution >= 4 is 23.2 Å². The molecule has 0 spiro atoms. The van der Waals surface area contributed by atoms with Crippen LogP contribution in [-0.4, -0.2) is 44.0 Å². The molecule has 6 nitrogen and oxygen atoms in total. The van der Waals surface area contributed by atoms with Crippen LogP contribution in [0.25, 0.3) is 0 Å². The lowest BCUT2D eigenvalue weighted by atomic mass is 10.0. The SMILES string of the molecule is COc1cc(OC)cc(C(=O)NC(C(=O)N(C)Cc2cccs2)C(C)C)c1. The van der Waals surface area contributed by atoms with E-state index in [-0.39, 0.29) is 17.7 Å². The molecule has 1 atom stereocenters. The smallest absolute Gasteiger partial charge is 0.252 e. The van der Waals surface area contributed by atoms with Crippen LogP contribution in [0.15, 0.2) is 35.7 Å². The summed E-state index contributed by atoms with van der Waals surface area (Å²) in [5.74, 6) is 0.508. The van der Waals surface area contributed by atoms with Crippen molar-refractivity contribution in [2.45, 2.75) is 26.4 Å². The van der Waals surface area contributed by atoms with Gasteiger partial charge in [0.1, 0.15) is 17.5 Å². The van der Waals surface area contributed by atoms with Gasteiger partial charge in [0.25, 0.3) is 5.91 Å². The fraction of sp³-hybridized carbons (Fsp3) is 0.400. The first-order chi connectivity index (χ1) is 12.8. The van der Waals surface area contributed by atoms with E-state index >= 15 is 0 Å². The first-order valence-electron chi connectivity index (χ1n) is 8.67. The Morgan fingerprint density at radius 3 is 2.26 bits per heavy atom. The fourth-order valence-electron chi connectivity index (χ4n) is 2.63. The van der Waals surface area contributed by atoms with E-state index in [2.05, 4.69) is 5.32 Å². The third-order valence-electron chi connectivity index (χ3n) is 4.18. The number of likely N-dealkylation sites (N-methyl/N-ethyl adjacent to an activating group) is 1. The van der Waals surface area contributed by atoms with Gasteiger partial charge in [-0.05, 0) is 29.5 Å². The van der Waals surface area contributed by atoms with Crippen LogP contribution in [0.2, 0.25) is 0 Å². The fourth-order valence-corrected chi connectivity index (χ4v) is 3.39. The largest absolute Gasteiger partial charge is 0.497 e. The van der Waals surface area contributed by atoms with E-state index in [0.29, 0.717) is 23.6 Å². The Kier molecular flexibility index (Phi) is 7.24. The van der Waals surface area contributed by atoms with E-state index in [1.54, 1.807) is 41.5 Å². The van der Waals surface area contributed by atoms with Crippen molar-refractivity contribution in [3.8, 4) is 11.5 Å². The molecule has 2 amide bonds. The average Bonchev–Trinajstić information content (AvgIpc) is 3.17. The quantitative estimate of drug-likeness (QED) is 0.752. The summed E-state index contributed by atoms with van der Waals surface area (Å²) in [7, 11) is 4.80. The Balaban J connectivity index is 2.15. The van der Waals surface area contributed by atoms with E-state index in [4.69, 9.17) is 9.47 Å². The predicted octanol–water partition coefficient (Wildman–Crippen LogP) is 3.18. The second kappa shape index (κ2) is 9.41. The van der Waals surface area contributed by atoms with Gasteiger partial charge in [-0.1, -0.05) is 19.9 Å². The van der Waals surface area contributed by atoms with E-state index in [9.17, 15) is 9.59 Å². The Morgan fingerprint density at radius 2 is 1.78 bits per heavy atom. The van der Waals surface area contributed by atoms with Crippen LogP contribution in [0.4, 0.5) is 0 Å². The number of rotatable bonds is 8. The van der Waals surface area contributed by atoms with Crippen LogP contribution < -0.4 is 14.8 Å². The standard InChI is InChI=1S/C20H26N2O4S/c1-13(2)18(20(24)22(3)12-17-7-6-8-27-17)21-19(23)14-9-15(25-4)11-16(10-14)26-5/h6-11,13,18H,12H2,1-5H3,(H,21,23). The maximum Gasteiger partial charge on any atom is 0.252 e. The number of benzene rings is 1. The number of nitrogens with zero attached hydrogens (tertiary/aromatic N) is 1. The molecule has 2 rings (SSSR count). The highest BCUT2D eigenvalue weighted by atomic mass is 32.1. The zero-order valence-corrected chi connectivity index (χ0v) is 17.1. The van der Waals surface area contributed by atoms with Crippen molar-refractivity contribution < 1.29 is 19.1 Å². The molecule has 0 aliphatic heterocycles. The van der Waals surface area contributed by atoms with E-state index in [0.717, 1.165) is 4.88 Å². The van der Waals surface area contributed by atoms with Crippen LogP contribution in [-0.2, 0) is 11.3 Å². The lowest BCUT2D eigenvalue weighted by Crippen LogP contribution is -2.50. The zero-order chi connectivity index (χ0) is 20.0. The number of thiophene rings is 1. The molecule has 1 aromatic heterocycles. The molecule has 0 fully saturated rings. The molecule has 1 heterocycles. The summed E-state index contributed by atoms with van der Waals surface area (Å²) in [5, 5.41) is 4.84. The molecule has 1 unspecified atom stereocenters. The van der Waals surface area contributed by atoms with Gasteiger partial charge in [0, 0.05) is 23.6 Å². The summed E-state index contributed by atoms with van der Waals surface area (Å²) < 4.78 is 10.4. The highest BCUT2D eigenvalue weighted by Gasteiger charge is 2.28. The number of ether oxygens (including phenoxy) is 2. The first kappa shape index (κ1) is 20.8. The van der Waals surface area contributed by atoms with Crippen molar-refractivity contribution in [3.05, 3.63) is 46.2 Å². The highest BCUT2D eigenvalue weighted by Crippen LogP contribution is 2.23. The van der Waals surface area contributed by atoms with Crippen LogP contribution in [0.1, 0.15) is 29.1 Å². The number of hydrogen-bond donors (Lipinski definition) is 1. The minimum atomic E-state index is -0.625. The van der Waals surface area contributed by atoms with E-state index in [1.807, 2.05) is 31.4 Å². The molecule has 1 aromatic carbocycles. The van der Waals surface area contributed by atoms with Gasteiger partial charge in [0.05, 0.1) is 20.8 Å². The minimum Gasteiger partial charge on any atom is -0.497 e. The Bertz CT molecular complexity index is 752. The van der Waals surface area contributed by atoms with Crippen molar-refractivity contribution in [1.29, 1.82) is 0 Å². The van der Waals surface area contributed by atoms with Crippen molar-refractivity contribution in [3.63, 3.8) is 0 Å². The molecular weight excluding hydrogens is 364 g/mol. The molecule has 0 aliphatic rings. The highest BCUT2D eigenvalue weighted by molar-refractivity contribution is 7.09. The molecule has 146 valence electrons. The zero-order valence-electron chi connectivity index (χ0n) is 16.3. The summed E-state index contributed by atoms with van der Waals surface area (Å²) in [6, 6.07) is 8.25. The van der Waals surface area contributed by atoms with Crippen molar-refractivity contribution in [1.82, 2.24) is 10.2 Å². The van der Waals surface area contributed by atoms with Crippen LogP contribution in [0.5, 0.6) is 11.5 Å². The van der Waals surface area contributed by atoms with Gasteiger partial charge in [-0.2, -0.15) is 0 Å². The predicted molar refractivity (Wildman–Crippen MR) is 106 cm³/mol. The van der Waals surface area contributed by atoms with Gasteiger partial charge in [-0.3, -0.25) is 9.59 Å². The lowest BCUT2D eigenvalue weighted by molar-refractivity contribution is -0.133. The number of amides is 2. The van der Waals surface area contributed by atoms with Crippen LogP contribution in [0, 0.1) is 5.92 Å². The second-order valence-corrected chi connectivity index (χ2v) is 7.60. The van der Waals surface area contributed by atoms with Crippen molar-refractivity contribution in [2.24, 2.45) is 5.92 Å². The van der Waals surface area contributed by atoms with Gasteiger partial charge in [-0.15, -0.1) is 11.3 Å². The summed E-state index contributed by atoms with van der Waals surface area (Å²) >= 11 is 1.60. The Morgan fingerprint density at radius 1 is 1.15 bits per heavy atom. The number of carbonyl (C=O) groups is 2. The number of methoxy groups -OCH3 is 2. The van der Waals surface area contributed by atoms with E-state index in [1.165, 1.54) is 14.2 Å². The van der Waals surface area contributed by atoms with Gasteiger partial charge in [-0.25, -0.2) is 0 Å². The summed E-state index contributed by atoms with van der Waals surface area (Å²) in [4.78, 5) is 28.4. The summed E-state index contributed by atoms with van der Waals surface area (Å²) in [6.45, 7) is 4.34. The Hall–Kier alpha value is -2.54. The van der Waals surface area contributed by atoms with E-state index < -0.39 is 6.04 Å². The number of hydrogen-bond acceptors (Lipinski definition) is 5. The molecule has 2 aromatic rings. The first-order valence-corrected chi connectivity index (χ1v) is 9.55. The van der Waals surface area contributed by atoms with Crippen molar-refractivity contribution in [2.75, 3.05) is 21.3 Å². The number of nitrogens with one attached hydrogen (secondary N) is 1. The molecule has 1 N–H and O–H groups in total. The summed E-state index contributed by atoms with van der Waals surface area (Å²) in [5.41, 5.74) is 0.380. The van der Waals surface area contributed by atoms with Gasteiger partial charge in [0.2, 0.25) is 5.91 Å². The molecule has 0 saturated heterocycles. The minimum absolute atomic E-state index is 0.0558. The third-order valence-corrected chi connectivity index (χ3v) is 5.04. The molecule has 27 heavy (non-hydrogen) atoms.